The first-order chi connectivity index (χ1) is 11.3. The number of anilines is 3. The summed E-state index contributed by atoms with van der Waals surface area (Å²) in [5.74, 6) is -0.120. The van der Waals surface area contributed by atoms with Crippen molar-refractivity contribution in [3.8, 4) is 0 Å². The standard InChI is InChI=1S/C14H15ClN4O4S/c1-3-24(21,22)19-13-7-6-12(17-18-13)16-11-8-9(14(20)23-2)4-5-10(11)15/h4-8H,3H2,1-2H3,(H,16,17)(H,18,19). The Morgan fingerprint density at radius 2 is 1.88 bits per heavy atom. The number of rotatable bonds is 6. The molecule has 0 saturated carbocycles. The highest BCUT2D eigenvalue weighted by Gasteiger charge is 2.11. The fourth-order valence-corrected chi connectivity index (χ4v) is 2.43. The number of hydrogen-bond acceptors (Lipinski definition) is 7. The molecule has 10 heteroatoms. The van der Waals surface area contributed by atoms with Crippen LogP contribution in [0.4, 0.5) is 17.3 Å². The number of carbonyl (C=O) groups excluding carboxylic acids is 1. The summed E-state index contributed by atoms with van der Waals surface area (Å²) in [4.78, 5) is 11.5. The second kappa shape index (κ2) is 7.45. The minimum absolute atomic E-state index is 0.0649. The van der Waals surface area contributed by atoms with E-state index in [2.05, 4.69) is 25.0 Å². The highest BCUT2D eigenvalue weighted by Crippen LogP contribution is 2.26. The number of nitrogens with one attached hydrogen (secondary N) is 2. The molecule has 0 radical (unpaired) electrons. The maximum atomic E-state index is 11.5. The van der Waals surface area contributed by atoms with Gasteiger partial charge in [0.15, 0.2) is 11.6 Å². The van der Waals surface area contributed by atoms with Crippen LogP contribution in [0.3, 0.4) is 0 Å². The first-order valence-corrected chi connectivity index (χ1v) is 8.86. The molecule has 0 spiro atoms. The van der Waals surface area contributed by atoms with Gasteiger partial charge in [0.1, 0.15) is 0 Å². The van der Waals surface area contributed by atoms with Crippen molar-refractivity contribution in [2.24, 2.45) is 0 Å². The van der Waals surface area contributed by atoms with Gasteiger partial charge in [-0.25, -0.2) is 13.2 Å². The lowest BCUT2D eigenvalue weighted by molar-refractivity contribution is 0.0601. The van der Waals surface area contributed by atoms with Crippen LogP contribution in [0, 0.1) is 0 Å². The minimum atomic E-state index is -3.41. The van der Waals surface area contributed by atoms with Crippen molar-refractivity contribution < 1.29 is 17.9 Å². The third-order valence-corrected chi connectivity index (χ3v) is 4.56. The zero-order chi connectivity index (χ0) is 17.7. The van der Waals surface area contributed by atoms with E-state index < -0.39 is 16.0 Å². The van der Waals surface area contributed by atoms with Gasteiger partial charge in [-0.2, -0.15) is 0 Å². The quantitative estimate of drug-likeness (QED) is 0.751. The van der Waals surface area contributed by atoms with Crippen molar-refractivity contribution in [2.45, 2.75) is 6.92 Å². The number of esters is 1. The van der Waals surface area contributed by atoms with Crippen LogP contribution in [0.25, 0.3) is 0 Å². The number of ether oxygens (including phenoxy) is 1. The lowest BCUT2D eigenvalue weighted by Crippen LogP contribution is -2.15. The van der Waals surface area contributed by atoms with E-state index in [4.69, 9.17) is 11.6 Å². The second-order valence-corrected chi connectivity index (χ2v) is 7.04. The lowest BCUT2D eigenvalue weighted by atomic mass is 10.2. The molecule has 0 aliphatic rings. The van der Waals surface area contributed by atoms with Crippen molar-refractivity contribution in [1.82, 2.24) is 10.2 Å². The molecule has 0 unspecified atom stereocenters. The largest absolute Gasteiger partial charge is 0.465 e. The number of sulfonamides is 1. The summed E-state index contributed by atoms with van der Waals surface area (Å²) in [6.45, 7) is 1.52. The number of benzene rings is 1. The number of hydrogen-bond donors (Lipinski definition) is 2. The van der Waals surface area contributed by atoms with Gasteiger partial charge in [0.2, 0.25) is 10.0 Å². The molecule has 2 rings (SSSR count). The topological polar surface area (TPSA) is 110 Å². The molecule has 2 N–H and O–H groups in total. The van der Waals surface area contributed by atoms with Crippen molar-refractivity contribution in [3.63, 3.8) is 0 Å². The van der Waals surface area contributed by atoms with Gasteiger partial charge in [-0.05, 0) is 37.3 Å². The third kappa shape index (κ3) is 4.56. The molecule has 1 aromatic carbocycles. The molecule has 0 fully saturated rings. The van der Waals surface area contributed by atoms with Gasteiger partial charge in [-0.15, -0.1) is 10.2 Å². The maximum absolute atomic E-state index is 11.5. The molecule has 0 amide bonds. The van der Waals surface area contributed by atoms with Crippen molar-refractivity contribution >= 4 is 44.9 Å². The van der Waals surface area contributed by atoms with Gasteiger partial charge in [0.25, 0.3) is 0 Å². The molecule has 8 nitrogen and oxygen atoms in total. The van der Waals surface area contributed by atoms with Crippen LogP contribution in [0.1, 0.15) is 17.3 Å². The highest BCUT2D eigenvalue weighted by molar-refractivity contribution is 7.92. The Morgan fingerprint density at radius 3 is 2.46 bits per heavy atom. The van der Waals surface area contributed by atoms with Crippen LogP contribution in [-0.2, 0) is 14.8 Å². The molecule has 0 atom stereocenters. The number of nitrogens with zero attached hydrogens (tertiary/aromatic N) is 2. The van der Waals surface area contributed by atoms with Gasteiger partial charge in [-0.1, -0.05) is 11.6 Å². The maximum Gasteiger partial charge on any atom is 0.337 e. The van der Waals surface area contributed by atoms with Crippen LogP contribution < -0.4 is 10.0 Å². The van der Waals surface area contributed by atoms with E-state index in [0.29, 0.717) is 22.1 Å². The molecular formula is C14H15ClN4O4S. The van der Waals surface area contributed by atoms with E-state index in [1.165, 1.54) is 38.3 Å². The normalized spacial score (nSPS) is 11.0. The summed E-state index contributed by atoms with van der Waals surface area (Å²) in [6, 6.07) is 7.59. The second-order valence-electron chi connectivity index (χ2n) is 4.62. The summed E-state index contributed by atoms with van der Waals surface area (Å²) >= 11 is 6.08. The van der Waals surface area contributed by atoms with E-state index in [9.17, 15) is 13.2 Å². The molecule has 2 aromatic rings. The number of carbonyl (C=O) groups is 1. The Kier molecular flexibility index (Phi) is 5.58. The van der Waals surface area contributed by atoms with Gasteiger partial charge < -0.3 is 10.1 Å². The molecule has 24 heavy (non-hydrogen) atoms. The fraction of sp³-hybridized carbons (Fsp3) is 0.214. The Morgan fingerprint density at radius 1 is 1.21 bits per heavy atom. The zero-order valence-corrected chi connectivity index (χ0v) is 14.5. The van der Waals surface area contributed by atoms with Gasteiger partial charge >= 0.3 is 5.97 Å². The van der Waals surface area contributed by atoms with E-state index in [-0.39, 0.29) is 11.6 Å². The predicted molar refractivity (Wildman–Crippen MR) is 91.2 cm³/mol. The predicted octanol–water partition coefficient (Wildman–Crippen LogP) is 2.42. The average Bonchev–Trinajstić information content (AvgIpc) is 2.57. The van der Waals surface area contributed by atoms with E-state index in [1.54, 1.807) is 6.07 Å². The summed E-state index contributed by atoms with van der Waals surface area (Å²) in [6.07, 6.45) is 0. The van der Waals surface area contributed by atoms with Gasteiger partial charge in [0, 0.05) is 0 Å². The molecular weight excluding hydrogens is 356 g/mol. The first kappa shape index (κ1) is 18.0. The van der Waals surface area contributed by atoms with Gasteiger partial charge in [-0.3, -0.25) is 4.72 Å². The van der Waals surface area contributed by atoms with Gasteiger partial charge in [0.05, 0.1) is 29.1 Å². The Bertz CT molecular complexity index is 840. The van der Waals surface area contributed by atoms with Crippen LogP contribution >= 0.6 is 11.6 Å². The lowest BCUT2D eigenvalue weighted by Gasteiger charge is -2.09. The molecule has 1 aromatic heterocycles. The Labute approximate surface area is 144 Å². The summed E-state index contributed by atoms with van der Waals surface area (Å²) in [7, 11) is -2.13. The van der Waals surface area contributed by atoms with Crippen LogP contribution in [0.15, 0.2) is 30.3 Å². The molecule has 0 saturated heterocycles. The van der Waals surface area contributed by atoms with E-state index >= 15 is 0 Å². The molecule has 1 heterocycles. The number of halogens is 1. The minimum Gasteiger partial charge on any atom is -0.465 e. The monoisotopic (exact) mass is 370 g/mol. The SMILES string of the molecule is CCS(=O)(=O)Nc1ccc(Nc2cc(C(=O)OC)ccc2Cl)nn1. The van der Waals surface area contributed by atoms with E-state index in [1.807, 2.05) is 0 Å². The van der Waals surface area contributed by atoms with Crippen LogP contribution in [0.2, 0.25) is 5.02 Å². The first-order valence-electron chi connectivity index (χ1n) is 6.83. The van der Waals surface area contributed by atoms with Crippen LogP contribution in [-0.4, -0.2) is 37.4 Å². The number of aromatic nitrogens is 2. The van der Waals surface area contributed by atoms with Crippen LogP contribution in [0.5, 0.6) is 0 Å². The van der Waals surface area contributed by atoms with Crippen molar-refractivity contribution in [3.05, 3.63) is 40.9 Å². The molecule has 0 aliphatic carbocycles. The number of methoxy groups -OCH3 is 1. The van der Waals surface area contributed by atoms with Crippen molar-refractivity contribution in [1.29, 1.82) is 0 Å². The summed E-state index contributed by atoms with van der Waals surface area (Å²) < 4.78 is 29.9. The third-order valence-electron chi connectivity index (χ3n) is 2.95. The molecule has 128 valence electrons. The summed E-state index contributed by atoms with van der Waals surface area (Å²) in [5, 5.41) is 10.9. The smallest absolute Gasteiger partial charge is 0.337 e. The summed E-state index contributed by atoms with van der Waals surface area (Å²) in [5.41, 5.74) is 0.764. The molecule has 0 bridgehead atoms. The zero-order valence-electron chi connectivity index (χ0n) is 12.9. The molecule has 0 aliphatic heterocycles. The van der Waals surface area contributed by atoms with E-state index in [0.717, 1.165) is 0 Å². The highest BCUT2D eigenvalue weighted by atomic mass is 35.5. The fourth-order valence-electron chi connectivity index (χ4n) is 1.69. The average molecular weight is 371 g/mol. The Hall–Kier alpha value is -2.39. The Balaban J connectivity index is 2.18. The van der Waals surface area contributed by atoms with Crippen molar-refractivity contribution in [2.75, 3.05) is 22.9 Å².